The zero-order valence-corrected chi connectivity index (χ0v) is 17.2. The molecule has 0 radical (unpaired) electrons. The van der Waals surface area contributed by atoms with E-state index in [2.05, 4.69) is 27.8 Å². The molecule has 1 aromatic heterocycles. The number of nitrogens with one attached hydrogen (secondary N) is 1. The first-order valence-corrected chi connectivity index (χ1v) is 10.8. The molecule has 27 heavy (non-hydrogen) atoms. The van der Waals surface area contributed by atoms with E-state index in [1.807, 2.05) is 18.2 Å². The van der Waals surface area contributed by atoms with Crippen LogP contribution in [0.5, 0.6) is 5.75 Å². The van der Waals surface area contributed by atoms with Gasteiger partial charge < -0.3 is 10.1 Å². The van der Waals surface area contributed by atoms with Gasteiger partial charge in [-0.1, -0.05) is 41.9 Å². The third-order valence-electron chi connectivity index (χ3n) is 3.73. The Bertz CT molecular complexity index is 900. The highest BCUT2D eigenvalue weighted by Gasteiger charge is 2.09. The highest BCUT2D eigenvalue weighted by atomic mass is 35.5. The first-order chi connectivity index (χ1) is 13.2. The van der Waals surface area contributed by atoms with Crippen LogP contribution in [0, 0.1) is 0 Å². The fraction of sp³-hybridized carbons (Fsp3) is 0.200. The van der Waals surface area contributed by atoms with Gasteiger partial charge in [-0.2, -0.15) is 11.8 Å². The summed E-state index contributed by atoms with van der Waals surface area (Å²) in [4.78, 5) is 16.8. The van der Waals surface area contributed by atoms with Crippen molar-refractivity contribution in [3.8, 4) is 16.3 Å². The predicted octanol–water partition coefficient (Wildman–Crippen LogP) is 5.73. The quantitative estimate of drug-likeness (QED) is 0.474. The Labute approximate surface area is 171 Å². The van der Waals surface area contributed by atoms with E-state index in [4.69, 9.17) is 16.3 Å². The summed E-state index contributed by atoms with van der Waals surface area (Å²) in [6.07, 6.45) is 0.413. The van der Waals surface area contributed by atoms with Crippen molar-refractivity contribution in [1.82, 2.24) is 4.98 Å². The van der Waals surface area contributed by atoms with Crippen LogP contribution in [0.3, 0.4) is 0 Å². The Morgan fingerprint density at radius 3 is 2.85 bits per heavy atom. The number of rotatable bonds is 8. The van der Waals surface area contributed by atoms with Crippen molar-refractivity contribution in [2.75, 3.05) is 18.2 Å². The van der Waals surface area contributed by atoms with Crippen molar-refractivity contribution < 1.29 is 9.53 Å². The van der Waals surface area contributed by atoms with Gasteiger partial charge in [-0.3, -0.25) is 4.79 Å². The molecule has 2 aromatic carbocycles. The van der Waals surface area contributed by atoms with Crippen LogP contribution in [0.1, 0.15) is 12.1 Å². The molecule has 1 heterocycles. The molecule has 3 aromatic rings. The number of thiazole rings is 1. The molecule has 4 nitrogen and oxygen atoms in total. The topological polar surface area (TPSA) is 51.2 Å². The van der Waals surface area contributed by atoms with Crippen LogP contribution < -0.4 is 10.1 Å². The second-order valence-electron chi connectivity index (χ2n) is 5.71. The molecule has 140 valence electrons. The zero-order chi connectivity index (χ0) is 19.1. The van der Waals surface area contributed by atoms with Gasteiger partial charge in [0.25, 0.3) is 0 Å². The monoisotopic (exact) mass is 418 g/mol. The second kappa shape index (κ2) is 9.78. The SMILES string of the molecule is COc1ccc(Cl)cc1NC(=O)CCSCc1csc(-c2ccccc2)n1. The highest BCUT2D eigenvalue weighted by Crippen LogP contribution is 2.28. The smallest absolute Gasteiger partial charge is 0.225 e. The van der Waals surface area contributed by atoms with Gasteiger partial charge in [-0.05, 0) is 18.2 Å². The lowest BCUT2D eigenvalue weighted by Gasteiger charge is -2.10. The van der Waals surface area contributed by atoms with Crippen LogP contribution in [0.2, 0.25) is 5.02 Å². The molecule has 1 N–H and O–H groups in total. The van der Waals surface area contributed by atoms with Gasteiger partial charge in [0.2, 0.25) is 5.91 Å². The number of nitrogens with zero attached hydrogens (tertiary/aromatic N) is 1. The molecular weight excluding hydrogens is 400 g/mol. The van der Waals surface area contributed by atoms with Crippen LogP contribution in [-0.2, 0) is 10.5 Å². The van der Waals surface area contributed by atoms with E-state index < -0.39 is 0 Å². The predicted molar refractivity (Wildman–Crippen MR) is 115 cm³/mol. The molecule has 0 aliphatic heterocycles. The lowest BCUT2D eigenvalue weighted by atomic mass is 10.2. The van der Waals surface area contributed by atoms with Crippen LogP contribution in [0.4, 0.5) is 5.69 Å². The van der Waals surface area contributed by atoms with Crippen molar-refractivity contribution in [3.05, 3.63) is 64.6 Å². The van der Waals surface area contributed by atoms with Gasteiger partial charge in [0, 0.05) is 33.9 Å². The highest BCUT2D eigenvalue weighted by molar-refractivity contribution is 7.98. The van der Waals surface area contributed by atoms with Gasteiger partial charge in [-0.25, -0.2) is 4.98 Å². The number of ether oxygens (including phenoxy) is 1. The summed E-state index contributed by atoms with van der Waals surface area (Å²) >= 11 is 9.32. The molecule has 0 unspecified atom stereocenters. The number of halogens is 1. The number of thioether (sulfide) groups is 1. The average molecular weight is 419 g/mol. The Hall–Kier alpha value is -2.02. The van der Waals surface area contributed by atoms with Gasteiger partial charge >= 0.3 is 0 Å². The van der Waals surface area contributed by atoms with Crippen LogP contribution >= 0.6 is 34.7 Å². The summed E-state index contributed by atoms with van der Waals surface area (Å²) in [5.74, 6) is 2.03. The van der Waals surface area contributed by atoms with Crippen LogP contribution in [0.15, 0.2) is 53.9 Å². The van der Waals surface area contributed by atoms with Crippen LogP contribution in [-0.4, -0.2) is 23.8 Å². The van der Waals surface area contributed by atoms with E-state index in [1.165, 1.54) is 0 Å². The molecule has 0 saturated heterocycles. The summed E-state index contributed by atoms with van der Waals surface area (Å²) in [5.41, 5.74) is 2.77. The third kappa shape index (κ3) is 5.73. The number of aromatic nitrogens is 1. The van der Waals surface area contributed by atoms with Crippen LogP contribution in [0.25, 0.3) is 10.6 Å². The number of amides is 1. The minimum absolute atomic E-state index is 0.0636. The van der Waals surface area contributed by atoms with Gasteiger partial charge in [0.15, 0.2) is 0 Å². The number of hydrogen-bond donors (Lipinski definition) is 1. The van der Waals surface area contributed by atoms with Gasteiger partial charge in [0.1, 0.15) is 10.8 Å². The average Bonchev–Trinajstić information content (AvgIpc) is 3.15. The third-order valence-corrected chi connectivity index (χ3v) is 5.90. The number of carbonyl (C=O) groups is 1. The summed E-state index contributed by atoms with van der Waals surface area (Å²) in [5, 5.41) is 6.51. The van der Waals surface area contributed by atoms with Crippen molar-refractivity contribution >= 4 is 46.3 Å². The minimum Gasteiger partial charge on any atom is -0.495 e. The first kappa shape index (κ1) is 19.7. The maximum atomic E-state index is 12.2. The molecule has 0 spiro atoms. The van der Waals surface area contributed by atoms with Crippen molar-refractivity contribution in [2.45, 2.75) is 12.2 Å². The number of methoxy groups -OCH3 is 1. The Kier molecular flexibility index (Phi) is 7.15. The van der Waals surface area contributed by atoms with E-state index in [1.54, 1.807) is 48.4 Å². The van der Waals surface area contributed by atoms with Gasteiger partial charge in [-0.15, -0.1) is 11.3 Å². The normalized spacial score (nSPS) is 10.6. The fourth-order valence-electron chi connectivity index (χ4n) is 2.42. The molecular formula is C20H19ClN2O2S2. The largest absolute Gasteiger partial charge is 0.495 e. The molecule has 0 aliphatic rings. The van der Waals surface area contributed by atoms with Crippen molar-refractivity contribution in [3.63, 3.8) is 0 Å². The maximum Gasteiger partial charge on any atom is 0.225 e. The van der Waals surface area contributed by atoms with Crippen molar-refractivity contribution in [1.29, 1.82) is 0 Å². The summed E-state index contributed by atoms with van der Waals surface area (Å²) in [6.45, 7) is 0. The molecule has 1 amide bonds. The molecule has 0 fully saturated rings. The van der Waals surface area contributed by atoms with E-state index in [0.29, 0.717) is 28.6 Å². The number of anilines is 1. The Morgan fingerprint density at radius 2 is 2.07 bits per heavy atom. The summed E-state index contributed by atoms with van der Waals surface area (Å²) in [6, 6.07) is 15.3. The molecule has 0 atom stereocenters. The molecule has 0 aliphatic carbocycles. The number of hydrogen-bond acceptors (Lipinski definition) is 5. The van der Waals surface area contributed by atoms with E-state index in [-0.39, 0.29) is 5.91 Å². The maximum absolute atomic E-state index is 12.2. The molecule has 0 bridgehead atoms. The lowest BCUT2D eigenvalue weighted by Crippen LogP contribution is -2.13. The molecule has 0 saturated carbocycles. The summed E-state index contributed by atoms with van der Waals surface area (Å²) in [7, 11) is 1.56. The van der Waals surface area contributed by atoms with Crippen molar-refractivity contribution in [2.24, 2.45) is 0 Å². The number of carbonyl (C=O) groups excluding carboxylic acids is 1. The van der Waals surface area contributed by atoms with E-state index >= 15 is 0 Å². The van der Waals surface area contributed by atoms with E-state index in [0.717, 1.165) is 22.0 Å². The first-order valence-electron chi connectivity index (χ1n) is 8.36. The Balaban J connectivity index is 1.45. The minimum atomic E-state index is -0.0636. The summed E-state index contributed by atoms with van der Waals surface area (Å²) < 4.78 is 5.24. The Morgan fingerprint density at radius 1 is 1.26 bits per heavy atom. The second-order valence-corrected chi connectivity index (χ2v) is 8.11. The lowest BCUT2D eigenvalue weighted by molar-refractivity contribution is -0.115. The molecule has 3 rings (SSSR count). The van der Waals surface area contributed by atoms with E-state index in [9.17, 15) is 4.79 Å². The van der Waals surface area contributed by atoms with Gasteiger partial charge in [0.05, 0.1) is 18.5 Å². The molecule has 7 heteroatoms. The zero-order valence-electron chi connectivity index (χ0n) is 14.8. The standard InChI is InChI=1S/C20H19ClN2O2S2/c1-25-18-8-7-15(21)11-17(18)23-19(24)9-10-26-12-16-13-27-20(22-16)14-5-3-2-4-6-14/h2-8,11,13H,9-10,12H2,1H3,(H,23,24). The fourth-order valence-corrected chi connectivity index (χ4v) is 4.35. The number of benzene rings is 2.